The van der Waals surface area contributed by atoms with Crippen molar-refractivity contribution in [2.45, 2.75) is 0 Å². The summed E-state index contributed by atoms with van der Waals surface area (Å²) >= 11 is 0. The number of rotatable bonds is 0. The van der Waals surface area contributed by atoms with Gasteiger partial charge in [-0.15, -0.1) is 0 Å². The van der Waals surface area contributed by atoms with Crippen LogP contribution in [-0.4, -0.2) is 0 Å². The van der Waals surface area contributed by atoms with E-state index in [1.807, 2.05) is 0 Å². The molecule has 0 spiro atoms. The maximum atomic E-state index is 3.25. The first kappa shape index (κ1) is 29.2. The van der Waals surface area contributed by atoms with Gasteiger partial charge in [-0.1, -0.05) is 0 Å². The van der Waals surface area contributed by atoms with Gasteiger partial charge in [-0.3, -0.25) is 0 Å². The van der Waals surface area contributed by atoms with E-state index < -0.39 is 0 Å². The Hall–Kier alpha value is 0.883. The fourth-order valence-corrected chi connectivity index (χ4v) is 0. The summed E-state index contributed by atoms with van der Waals surface area (Å²) in [5, 5.41) is 0. The molecule has 0 fully saturated rings. The Morgan fingerprint density at radius 3 is 0.385 bits per heavy atom. The van der Waals surface area contributed by atoms with Crippen molar-refractivity contribution in [3.8, 4) is 0 Å². The van der Waals surface area contributed by atoms with Crippen molar-refractivity contribution in [3.63, 3.8) is 0 Å². The molecule has 0 nitrogen and oxygen atoms in total. The summed E-state index contributed by atoms with van der Waals surface area (Å²) < 4.78 is 0. The molecule has 0 aliphatic carbocycles. The van der Waals surface area contributed by atoms with Gasteiger partial charge in [0.15, 0.2) is 0 Å². The van der Waals surface area contributed by atoms with Gasteiger partial charge in [0.1, 0.15) is 0 Å². The topological polar surface area (TPSA) is 0 Å². The van der Waals surface area contributed by atoms with Crippen LogP contribution >= 0.6 is 0 Å². The summed E-state index contributed by atoms with van der Waals surface area (Å²) in [6.45, 7) is 26.0. The zero-order valence-corrected chi connectivity index (χ0v) is 10.9. The molecule has 0 N–H and O–H groups in total. The summed E-state index contributed by atoms with van der Waals surface area (Å²) in [4.78, 5) is 0. The van der Waals surface area contributed by atoms with E-state index in [1.54, 1.807) is 0 Å². The minimum atomic E-state index is 0. The van der Waals surface area contributed by atoms with Crippen molar-refractivity contribution in [1.82, 2.24) is 0 Å². The van der Waals surface area contributed by atoms with Crippen molar-refractivity contribution in [2.75, 3.05) is 0 Å². The van der Waals surface area contributed by atoms with Gasteiger partial charge in [0, 0.05) is 26.2 Å². The molecule has 72 valence electrons. The van der Waals surface area contributed by atoms with Crippen LogP contribution in [0.25, 0.3) is 0 Å². The second kappa shape index (κ2) is 76.3. The first-order valence-electron chi connectivity index (χ1n) is 3.27. The fraction of sp³-hybridized carbons (Fsp3) is 0. The second-order valence-electron chi connectivity index (χ2n) is 1.15. The quantitative estimate of drug-likeness (QED) is 0.622. The summed E-state index contributed by atoms with van der Waals surface area (Å²) in [5.41, 5.74) is 0. The molecule has 0 aromatic heterocycles. The molecule has 0 rings (SSSR count). The van der Waals surface area contributed by atoms with Gasteiger partial charge in [-0.2, -0.15) is 0 Å². The molecule has 0 aromatic rings. The molecular formula is C12H20Zr. The largest absolute Gasteiger partial charge is 0.0499 e. The zero-order chi connectivity index (χ0) is 10.8. The van der Waals surface area contributed by atoms with E-state index in [9.17, 15) is 0 Å². The summed E-state index contributed by atoms with van der Waals surface area (Å²) in [5.74, 6) is 0. The van der Waals surface area contributed by atoms with Gasteiger partial charge >= 0.3 is 0 Å². The first-order chi connectivity index (χ1) is 5.66. The van der Waals surface area contributed by atoms with Crippen LogP contribution in [0.2, 0.25) is 0 Å². The Morgan fingerprint density at radius 2 is 0.385 bits per heavy atom. The van der Waals surface area contributed by atoms with Gasteiger partial charge in [0.25, 0.3) is 0 Å². The molecule has 0 heterocycles. The van der Waals surface area contributed by atoms with Gasteiger partial charge in [-0.05, 0) is 81.1 Å². The normalized spacial score (nSPS) is 5.54. The van der Waals surface area contributed by atoms with Crippen LogP contribution in [0.15, 0.2) is 0 Å². The van der Waals surface area contributed by atoms with Crippen LogP contribution in [0.1, 0.15) is 0 Å². The maximum Gasteiger partial charge on any atom is 0 e. The van der Waals surface area contributed by atoms with Gasteiger partial charge < -0.3 is 0 Å². The third kappa shape index (κ3) is 1960. The first-order valence-corrected chi connectivity index (χ1v) is 3.27. The standard InChI is InChI=1S/4C3H5.Zr/c4*1-3-2;/h4*3H,1-2H2;. The van der Waals surface area contributed by atoms with E-state index in [1.165, 1.54) is 25.7 Å². The van der Waals surface area contributed by atoms with E-state index in [0.717, 1.165) is 0 Å². The third-order valence-electron chi connectivity index (χ3n) is 0. The van der Waals surface area contributed by atoms with E-state index in [0.29, 0.717) is 0 Å². The molecule has 0 amide bonds. The monoisotopic (exact) mass is 254 g/mol. The Morgan fingerprint density at radius 1 is 0.385 bits per heavy atom. The Balaban J connectivity index is -0.0000000213. The molecule has 0 saturated carbocycles. The Bertz CT molecular complexity index is 13.1. The van der Waals surface area contributed by atoms with Crippen molar-refractivity contribution in [3.05, 3.63) is 81.1 Å². The van der Waals surface area contributed by atoms with Gasteiger partial charge in [-0.25, -0.2) is 0 Å². The molecule has 0 saturated heterocycles. The van der Waals surface area contributed by atoms with Crippen LogP contribution < -0.4 is 0 Å². The molecule has 0 bridgehead atoms. The predicted octanol–water partition coefficient (Wildman–Crippen LogP) is 3.43. The van der Waals surface area contributed by atoms with E-state index in [4.69, 9.17) is 0 Å². The Kier molecular flexibility index (Phi) is 171. The van der Waals surface area contributed by atoms with E-state index in [2.05, 4.69) is 55.4 Å². The molecular weight excluding hydrogens is 235 g/mol. The molecule has 0 unspecified atom stereocenters. The third-order valence-corrected chi connectivity index (χ3v) is 0. The van der Waals surface area contributed by atoms with E-state index >= 15 is 0 Å². The molecule has 1 heteroatoms. The smallest absolute Gasteiger partial charge is 0 e. The average Bonchev–Trinajstić information content (AvgIpc) is 1.92. The SMILES string of the molecule is [CH2][CH][CH2].[CH2][CH][CH2].[CH2][CH][CH2].[CH2][CH][CH2].[Zr]. The molecule has 12 radical (unpaired) electrons. The molecule has 13 heavy (non-hydrogen) atoms. The van der Waals surface area contributed by atoms with Crippen LogP contribution in [0.3, 0.4) is 0 Å². The average molecular weight is 256 g/mol. The van der Waals surface area contributed by atoms with Crippen molar-refractivity contribution >= 4 is 0 Å². The molecule has 0 aliphatic heterocycles. The van der Waals surface area contributed by atoms with Crippen molar-refractivity contribution < 1.29 is 26.2 Å². The molecule has 0 atom stereocenters. The second-order valence-corrected chi connectivity index (χ2v) is 1.15. The summed E-state index contributed by atoms with van der Waals surface area (Å²) in [6.07, 6.45) is 6.00. The summed E-state index contributed by atoms with van der Waals surface area (Å²) in [7, 11) is 0. The van der Waals surface area contributed by atoms with Crippen LogP contribution in [0.5, 0.6) is 0 Å². The zero-order valence-electron chi connectivity index (χ0n) is 8.47. The van der Waals surface area contributed by atoms with Crippen molar-refractivity contribution in [2.24, 2.45) is 0 Å². The fourth-order valence-electron chi connectivity index (χ4n) is 0. The van der Waals surface area contributed by atoms with Crippen LogP contribution in [0, 0.1) is 81.1 Å². The van der Waals surface area contributed by atoms with Crippen LogP contribution in [0.4, 0.5) is 0 Å². The molecule has 0 aliphatic rings. The number of hydrogen-bond donors (Lipinski definition) is 0. The van der Waals surface area contributed by atoms with Crippen molar-refractivity contribution in [1.29, 1.82) is 0 Å². The summed E-state index contributed by atoms with van der Waals surface area (Å²) in [6, 6.07) is 0. The predicted molar refractivity (Wildman–Crippen MR) is 60.1 cm³/mol. The van der Waals surface area contributed by atoms with Crippen LogP contribution in [-0.2, 0) is 26.2 Å². The van der Waals surface area contributed by atoms with Gasteiger partial charge in [0.2, 0.25) is 0 Å². The Labute approximate surface area is 107 Å². The molecule has 0 aromatic carbocycles. The minimum Gasteiger partial charge on any atom is -0.0499 e. The minimum absolute atomic E-state index is 0. The van der Waals surface area contributed by atoms with Gasteiger partial charge in [0.05, 0.1) is 0 Å². The maximum absolute atomic E-state index is 3.25. The van der Waals surface area contributed by atoms with E-state index in [-0.39, 0.29) is 26.2 Å². The number of hydrogen-bond acceptors (Lipinski definition) is 0.